The van der Waals surface area contributed by atoms with Crippen molar-refractivity contribution in [1.82, 2.24) is 10.9 Å². The molecule has 0 saturated carbocycles. The Morgan fingerprint density at radius 2 is 1.57 bits per heavy atom. The maximum atomic E-state index is 12.2. The maximum Gasteiger partial charge on any atom is 0.269 e. The summed E-state index contributed by atoms with van der Waals surface area (Å²) in [7, 11) is 1.56. The number of carbonyl (C=O) groups excluding carboxylic acids is 2. The summed E-state index contributed by atoms with van der Waals surface area (Å²) in [6.07, 6.45) is 2.93. The number of methoxy groups -OCH3 is 1. The van der Waals surface area contributed by atoms with E-state index in [2.05, 4.69) is 10.9 Å². The monoisotopic (exact) mass is 402 g/mol. The van der Waals surface area contributed by atoms with E-state index in [-0.39, 0.29) is 0 Å². The number of hydrogen-bond acceptors (Lipinski definition) is 4. The van der Waals surface area contributed by atoms with Crippen molar-refractivity contribution >= 4 is 17.9 Å². The minimum absolute atomic E-state index is 0.399. The van der Waals surface area contributed by atoms with Crippen LogP contribution in [0.5, 0.6) is 11.5 Å². The zero-order valence-corrected chi connectivity index (χ0v) is 16.5. The highest BCUT2D eigenvalue weighted by molar-refractivity contribution is 5.98. The first kappa shape index (κ1) is 20.7. The Balaban J connectivity index is 1.48. The number of para-hydroxylation sites is 1. The van der Waals surface area contributed by atoms with Gasteiger partial charge in [-0.25, -0.2) is 0 Å². The summed E-state index contributed by atoms with van der Waals surface area (Å²) in [4.78, 5) is 24.2. The molecule has 152 valence electrons. The predicted molar refractivity (Wildman–Crippen MR) is 115 cm³/mol. The van der Waals surface area contributed by atoms with Gasteiger partial charge in [0.25, 0.3) is 11.8 Å². The lowest BCUT2D eigenvalue weighted by atomic mass is 10.2. The molecule has 3 rings (SSSR count). The zero-order valence-electron chi connectivity index (χ0n) is 16.5. The smallest absolute Gasteiger partial charge is 0.269 e. The van der Waals surface area contributed by atoms with Crippen LogP contribution < -0.4 is 20.3 Å². The van der Waals surface area contributed by atoms with E-state index < -0.39 is 11.8 Å². The minimum atomic E-state index is -0.461. The molecule has 0 atom stereocenters. The van der Waals surface area contributed by atoms with Gasteiger partial charge in [0.15, 0.2) is 0 Å². The highest BCUT2D eigenvalue weighted by atomic mass is 16.5. The fourth-order valence-electron chi connectivity index (χ4n) is 2.65. The second-order valence-corrected chi connectivity index (χ2v) is 6.32. The third kappa shape index (κ3) is 5.97. The van der Waals surface area contributed by atoms with Gasteiger partial charge in [-0.1, -0.05) is 48.5 Å². The summed E-state index contributed by atoms with van der Waals surface area (Å²) in [5.41, 5.74) is 6.95. The lowest BCUT2D eigenvalue weighted by Gasteiger charge is -2.08. The van der Waals surface area contributed by atoms with Crippen LogP contribution >= 0.6 is 0 Å². The fourth-order valence-corrected chi connectivity index (χ4v) is 2.65. The van der Waals surface area contributed by atoms with Crippen molar-refractivity contribution in [3.8, 4) is 11.5 Å². The van der Waals surface area contributed by atoms with E-state index in [4.69, 9.17) is 9.47 Å². The molecular weight excluding hydrogens is 380 g/mol. The Labute approximate surface area is 175 Å². The molecule has 0 fully saturated rings. The molecule has 0 heterocycles. The fraction of sp³-hybridized carbons (Fsp3) is 0.0833. The van der Waals surface area contributed by atoms with Crippen molar-refractivity contribution in [2.45, 2.75) is 6.61 Å². The first-order valence-electron chi connectivity index (χ1n) is 9.34. The van der Waals surface area contributed by atoms with Crippen LogP contribution in [0, 0.1) is 0 Å². The topological polar surface area (TPSA) is 76.7 Å². The van der Waals surface area contributed by atoms with Gasteiger partial charge in [0.1, 0.15) is 18.1 Å². The Morgan fingerprint density at radius 1 is 0.867 bits per heavy atom. The zero-order chi connectivity index (χ0) is 21.2. The molecule has 0 saturated heterocycles. The summed E-state index contributed by atoms with van der Waals surface area (Å²) >= 11 is 0. The predicted octanol–water partition coefficient (Wildman–Crippen LogP) is 3.75. The van der Waals surface area contributed by atoms with Gasteiger partial charge in [-0.15, -0.1) is 0 Å². The molecule has 0 aliphatic heterocycles. The molecule has 0 unspecified atom stereocenters. The van der Waals surface area contributed by atoms with Gasteiger partial charge in [-0.3, -0.25) is 20.4 Å². The average Bonchev–Trinajstić information content (AvgIpc) is 2.81. The normalized spacial score (nSPS) is 10.4. The van der Waals surface area contributed by atoms with Crippen LogP contribution in [0.1, 0.15) is 21.5 Å². The van der Waals surface area contributed by atoms with Crippen molar-refractivity contribution in [2.75, 3.05) is 7.11 Å². The number of hydrazine groups is 1. The number of benzene rings is 3. The van der Waals surface area contributed by atoms with Gasteiger partial charge in [-0.2, -0.15) is 0 Å². The van der Waals surface area contributed by atoms with Crippen LogP contribution in [0.3, 0.4) is 0 Å². The van der Waals surface area contributed by atoms with Crippen LogP contribution in [0.4, 0.5) is 0 Å². The molecule has 0 spiro atoms. The molecular formula is C24H22N2O4. The molecule has 0 aliphatic rings. The molecule has 6 nitrogen and oxygen atoms in total. The van der Waals surface area contributed by atoms with Crippen molar-refractivity contribution in [2.24, 2.45) is 0 Å². The van der Waals surface area contributed by atoms with Crippen LogP contribution in [-0.2, 0) is 11.4 Å². The second kappa shape index (κ2) is 10.5. The summed E-state index contributed by atoms with van der Waals surface area (Å²) < 4.78 is 10.9. The summed E-state index contributed by atoms with van der Waals surface area (Å²) in [5.74, 6) is 0.417. The lowest BCUT2D eigenvalue weighted by molar-refractivity contribution is -0.117. The molecule has 0 bridgehead atoms. The molecule has 0 radical (unpaired) electrons. The quantitative estimate of drug-likeness (QED) is 0.466. The highest BCUT2D eigenvalue weighted by Crippen LogP contribution is 2.18. The van der Waals surface area contributed by atoms with E-state index in [0.717, 1.165) is 11.1 Å². The largest absolute Gasteiger partial charge is 0.496 e. The third-order valence-corrected chi connectivity index (χ3v) is 4.22. The Bertz CT molecular complexity index is 1010. The van der Waals surface area contributed by atoms with E-state index in [1.165, 1.54) is 6.08 Å². The molecule has 2 amide bonds. The summed E-state index contributed by atoms with van der Waals surface area (Å²) in [6, 6.07) is 23.8. The highest BCUT2D eigenvalue weighted by Gasteiger charge is 2.07. The van der Waals surface area contributed by atoms with Crippen LogP contribution in [0.25, 0.3) is 6.08 Å². The lowest BCUT2D eigenvalue weighted by Crippen LogP contribution is -2.40. The number of ether oxygens (including phenoxy) is 2. The number of hydrogen-bond donors (Lipinski definition) is 2. The summed E-state index contributed by atoms with van der Waals surface area (Å²) in [6.45, 7) is 0.445. The Morgan fingerprint density at radius 3 is 2.30 bits per heavy atom. The van der Waals surface area contributed by atoms with Gasteiger partial charge in [0, 0.05) is 17.2 Å². The molecule has 0 aliphatic carbocycles. The van der Waals surface area contributed by atoms with Gasteiger partial charge in [0.05, 0.1) is 7.11 Å². The third-order valence-electron chi connectivity index (χ3n) is 4.22. The molecule has 6 heteroatoms. The van der Waals surface area contributed by atoms with Crippen LogP contribution in [0.15, 0.2) is 84.9 Å². The first-order chi connectivity index (χ1) is 14.7. The van der Waals surface area contributed by atoms with Crippen molar-refractivity contribution in [1.29, 1.82) is 0 Å². The maximum absolute atomic E-state index is 12.2. The van der Waals surface area contributed by atoms with Crippen molar-refractivity contribution in [3.63, 3.8) is 0 Å². The van der Waals surface area contributed by atoms with Gasteiger partial charge < -0.3 is 9.47 Å². The van der Waals surface area contributed by atoms with Crippen LogP contribution in [0.2, 0.25) is 0 Å². The minimum Gasteiger partial charge on any atom is -0.496 e. The van der Waals surface area contributed by atoms with Gasteiger partial charge in [-0.05, 0) is 42.0 Å². The number of rotatable bonds is 7. The molecule has 2 N–H and O–H groups in total. The van der Waals surface area contributed by atoms with E-state index in [0.29, 0.717) is 23.7 Å². The number of nitrogens with one attached hydrogen (secondary N) is 2. The standard InChI is InChI=1S/C24H22N2O4/c1-29-22-10-6-5-9-19(22)13-16-23(27)25-26-24(28)20-11-14-21(15-12-20)30-17-18-7-3-2-4-8-18/h2-16H,17H2,1H3,(H,25,27)(H,26,28)/b16-13+. The van der Waals surface area contributed by atoms with E-state index in [1.807, 2.05) is 48.5 Å². The van der Waals surface area contributed by atoms with Gasteiger partial charge in [0.2, 0.25) is 0 Å². The van der Waals surface area contributed by atoms with E-state index in [1.54, 1.807) is 43.5 Å². The van der Waals surface area contributed by atoms with Crippen LogP contribution in [-0.4, -0.2) is 18.9 Å². The summed E-state index contributed by atoms with van der Waals surface area (Å²) in [5, 5.41) is 0. The SMILES string of the molecule is COc1ccccc1/C=C/C(=O)NNC(=O)c1ccc(OCc2ccccc2)cc1. The molecule has 30 heavy (non-hydrogen) atoms. The van der Waals surface area contributed by atoms with Gasteiger partial charge >= 0.3 is 0 Å². The Kier molecular flexibility index (Phi) is 7.22. The van der Waals surface area contributed by atoms with Crippen molar-refractivity contribution < 1.29 is 19.1 Å². The number of carbonyl (C=O) groups is 2. The average molecular weight is 402 g/mol. The van der Waals surface area contributed by atoms with Crippen molar-refractivity contribution in [3.05, 3.63) is 102 Å². The van der Waals surface area contributed by atoms with E-state index in [9.17, 15) is 9.59 Å². The van der Waals surface area contributed by atoms with E-state index >= 15 is 0 Å². The number of amides is 2. The second-order valence-electron chi connectivity index (χ2n) is 6.32. The molecule has 0 aromatic heterocycles. The molecule has 3 aromatic carbocycles. The first-order valence-corrected chi connectivity index (χ1v) is 9.34. The Hall–Kier alpha value is -4.06. The molecule has 3 aromatic rings.